The lowest BCUT2D eigenvalue weighted by Gasteiger charge is -2.14. The predicted molar refractivity (Wildman–Crippen MR) is 77.3 cm³/mol. The number of alkyl halides is 2. The van der Waals surface area contributed by atoms with E-state index in [1.54, 1.807) is 6.92 Å². The van der Waals surface area contributed by atoms with Crippen LogP contribution >= 0.6 is 0 Å². The summed E-state index contributed by atoms with van der Waals surface area (Å²) < 4.78 is 31.2. The molecule has 1 aromatic rings. The summed E-state index contributed by atoms with van der Waals surface area (Å²) in [6.07, 6.45) is 1.07. The van der Waals surface area contributed by atoms with Crippen LogP contribution in [0, 0.1) is 0 Å². The normalized spacial score (nSPS) is 10.9. The molecule has 0 saturated heterocycles. The third kappa shape index (κ3) is 4.69. The molecule has 1 N–H and O–H groups in total. The number of phenolic OH excluding ortho intramolecular Hbond substituents is 1. The van der Waals surface area contributed by atoms with Crippen molar-refractivity contribution in [1.29, 1.82) is 0 Å². The summed E-state index contributed by atoms with van der Waals surface area (Å²) in [5.41, 5.74) is -0.651. The number of carbonyl (C=O) groups is 1. The third-order valence-electron chi connectivity index (χ3n) is 3.25. The quantitative estimate of drug-likeness (QED) is 0.522. The molecule has 0 radical (unpaired) electrons. The molecule has 0 aliphatic carbocycles. The lowest BCUT2D eigenvalue weighted by atomic mass is 10.00. The number of Topliss-reactive ketones (excluding diaryl/α,β-unsaturated/α-hetero) is 1. The summed E-state index contributed by atoms with van der Waals surface area (Å²) in [6.45, 7) is 3.94. The van der Waals surface area contributed by atoms with Gasteiger partial charge in [-0.2, -0.15) is 0 Å². The largest absolute Gasteiger partial charge is 0.507 e. The molecule has 21 heavy (non-hydrogen) atoms. The Labute approximate surface area is 123 Å². The number of phenols is 1. The molecule has 5 heteroatoms. The Hall–Kier alpha value is -1.65. The number of rotatable bonds is 9. The van der Waals surface area contributed by atoms with Crippen molar-refractivity contribution in [3.63, 3.8) is 0 Å². The molecule has 0 amide bonds. The molecule has 0 aliphatic rings. The zero-order valence-corrected chi connectivity index (χ0v) is 12.5. The van der Waals surface area contributed by atoms with Crippen LogP contribution in [-0.4, -0.2) is 17.5 Å². The van der Waals surface area contributed by atoms with Gasteiger partial charge in [-0.25, -0.2) is 8.78 Å². The maximum Gasteiger partial charge on any atom is 0.271 e. The Kier molecular flexibility index (Phi) is 7.12. The first-order valence-corrected chi connectivity index (χ1v) is 7.32. The van der Waals surface area contributed by atoms with Gasteiger partial charge in [-0.3, -0.25) is 4.79 Å². The number of ketones is 1. The van der Waals surface area contributed by atoms with Gasteiger partial charge in [0.15, 0.2) is 5.78 Å². The van der Waals surface area contributed by atoms with E-state index in [-0.39, 0.29) is 30.1 Å². The highest BCUT2D eigenvalue weighted by Crippen LogP contribution is 2.39. The summed E-state index contributed by atoms with van der Waals surface area (Å²) in [5.74, 6) is -1.04. The maximum absolute atomic E-state index is 13.1. The zero-order valence-electron chi connectivity index (χ0n) is 12.5. The highest BCUT2D eigenvalue weighted by Gasteiger charge is 2.24. The monoisotopic (exact) mass is 300 g/mol. The number of hydrogen-bond acceptors (Lipinski definition) is 3. The second-order valence-corrected chi connectivity index (χ2v) is 4.84. The molecule has 0 spiro atoms. The van der Waals surface area contributed by atoms with E-state index in [1.807, 2.05) is 0 Å². The lowest BCUT2D eigenvalue weighted by Crippen LogP contribution is -2.04. The molecule has 3 nitrogen and oxygen atoms in total. The van der Waals surface area contributed by atoms with Crippen LogP contribution in [0.5, 0.6) is 11.5 Å². The average molecular weight is 300 g/mol. The van der Waals surface area contributed by atoms with Gasteiger partial charge in [0.2, 0.25) is 0 Å². The molecular formula is C16H22F2O3. The van der Waals surface area contributed by atoms with Crippen molar-refractivity contribution in [3.8, 4) is 11.5 Å². The fraction of sp³-hybridized carbons (Fsp3) is 0.562. The van der Waals surface area contributed by atoms with Crippen LogP contribution in [0.3, 0.4) is 0 Å². The van der Waals surface area contributed by atoms with E-state index >= 15 is 0 Å². The highest BCUT2D eigenvalue weighted by atomic mass is 19.3. The minimum atomic E-state index is -2.89. The second-order valence-electron chi connectivity index (χ2n) is 4.84. The topological polar surface area (TPSA) is 46.5 Å². The van der Waals surface area contributed by atoms with Crippen LogP contribution in [0.25, 0.3) is 0 Å². The van der Waals surface area contributed by atoms with Crippen molar-refractivity contribution in [2.24, 2.45) is 0 Å². The first kappa shape index (κ1) is 17.4. The number of carbonyl (C=O) groups excluding carboxylic acids is 1. The van der Waals surface area contributed by atoms with Crippen molar-refractivity contribution in [1.82, 2.24) is 0 Å². The van der Waals surface area contributed by atoms with Crippen molar-refractivity contribution < 1.29 is 23.4 Å². The number of ether oxygens (including phenoxy) is 1. The zero-order chi connectivity index (χ0) is 15.8. The average Bonchev–Trinajstić information content (AvgIpc) is 2.43. The molecule has 0 aliphatic heterocycles. The molecule has 0 unspecified atom stereocenters. The summed E-state index contributed by atoms with van der Waals surface area (Å²) >= 11 is 0. The Bertz CT molecular complexity index is 473. The van der Waals surface area contributed by atoms with Crippen molar-refractivity contribution in [2.75, 3.05) is 6.61 Å². The highest BCUT2D eigenvalue weighted by molar-refractivity contribution is 5.99. The molecule has 0 atom stereocenters. The Morgan fingerprint density at radius 3 is 2.52 bits per heavy atom. The van der Waals surface area contributed by atoms with E-state index in [1.165, 1.54) is 12.1 Å². The summed E-state index contributed by atoms with van der Waals surface area (Å²) in [4.78, 5) is 12.0. The molecule has 1 aromatic carbocycles. The maximum atomic E-state index is 13.1. The third-order valence-corrected chi connectivity index (χ3v) is 3.25. The van der Waals surface area contributed by atoms with Gasteiger partial charge in [-0.05, 0) is 25.5 Å². The van der Waals surface area contributed by atoms with Crippen LogP contribution < -0.4 is 4.74 Å². The van der Waals surface area contributed by atoms with E-state index in [2.05, 4.69) is 6.92 Å². The smallest absolute Gasteiger partial charge is 0.271 e. The van der Waals surface area contributed by atoms with Crippen LogP contribution in [-0.2, 0) is 0 Å². The van der Waals surface area contributed by atoms with Gasteiger partial charge in [0, 0.05) is 6.42 Å². The van der Waals surface area contributed by atoms with Crippen molar-refractivity contribution in [3.05, 3.63) is 23.3 Å². The van der Waals surface area contributed by atoms with Gasteiger partial charge in [0.1, 0.15) is 17.1 Å². The molecule has 0 aromatic heterocycles. The van der Waals surface area contributed by atoms with Crippen LogP contribution in [0.15, 0.2) is 12.1 Å². The number of halogens is 2. The van der Waals surface area contributed by atoms with Gasteiger partial charge >= 0.3 is 0 Å². The van der Waals surface area contributed by atoms with Gasteiger partial charge in [-0.15, -0.1) is 0 Å². The first-order valence-electron chi connectivity index (χ1n) is 7.32. The number of benzene rings is 1. The van der Waals surface area contributed by atoms with Gasteiger partial charge < -0.3 is 9.84 Å². The molecule has 0 saturated carbocycles. The lowest BCUT2D eigenvalue weighted by molar-refractivity contribution is 0.0975. The standard InChI is InChI=1S/C16H22F2O3/c1-3-5-6-7-8-12(19)11-9-10-13(21-4-2)14(15(11)20)16(17)18/h9-10,16,20H,3-8H2,1-2H3. The first-order chi connectivity index (χ1) is 10.0. The van der Waals surface area contributed by atoms with Crippen molar-refractivity contribution in [2.45, 2.75) is 52.4 Å². The number of aromatic hydroxyl groups is 1. The van der Waals surface area contributed by atoms with Crippen molar-refractivity contribution >= 4 is 5.78 Å². The predicted octanol–water partition coefficient (Wildman–Crippen LogP) is 4.88. The van der Waals surface area contributed by atoms with E-state index in [9.17, 15) is 18.7 Å². The van der Waals surface area contributed by atoms with Crippen LogP contribution in [0.4, 0.5) is 8.78 Å². The van der Waals surface area contributed by atoms with Gasteiger partial charge in [0.05, 0.1) is 12.2 Å². The fourth-order valence-corrected chi connectivity index (χ4v) is 2.15. The molecule has 0 heterocycles. The summed E-state index contributed by atoms with van der Waals surface area (Å²) in [5, 5.41) is 9.96. The van der Waals surface area contributed by atoms with E-state index in [0.29, 0.717) is 6.42 Å². The fourth-order valence-electron chi connectivity index (χ4n) is 2.15. The molecule has 0 bridgehead atoms. The SMILES string of the molecule is CCCCCCC(=O)c1ccc(OCC)c(C(F)F)c1O. The van der Waals surface area contributed by atoms with Gasteiger partial charge in [-0.1, -0.05) is 26.2 Å². The number of hydrogen-bond donors (Lipinski definition) is 1. The summed E-state index contributed by atoms with van der Waals surface area (Å²) in [6, 6.07) is 2.68. The molecule has 1 rings (SSSR count). The molecule has 0 fully saturated rings. The van der Waals surface area contributed by atoms with Crippen LogP contribution in [0.2, 0.25) is 0 Å². The minimum Gasteiger partial charge on any atom is -0.507 e. The Morgan fingerprint density at radius 1 is 1.24 bits per heavy atom. The Morgan fingerprint density at radius 2 is 1.95 bits per heavy atom. The van der Waals surface area contributed by atoms with E-state index < -0.39 is 17.7 Å². The Balaban J connectivity index is 2.93. The van der Waals surface area contributed by atoms with Crippen LogP contribution in [0.1, 0.15) is 68.3 Å². The molecular weight excluding hydrogens is 278 g/mol. The minimum absolute atomic E-state index is 0.0507. The van der Waals surface area contributed by atoms with Gasteiger partial charge in [0.25, 0.3) is 6.43 Å². The second kappa shape index (κ2) is 8.60. The molecule has 118 valence electrons. The van der Waals surface area contributed by atoms with E-state index in [0.717, 1.165) is 19.3 Å². The summed E-state index contributed by atoms with van der Waals surface area (Å²) in [7, 11) is 0. The van der Waals surface area contributed by atoms with E-state index in [4.69, 9.17) is 4.74 Å². The number of unbranched alkanes of at least 4 members (excludes halogenated alkanes) is 3.